The molecule has 0 spiro atoms. The minimum absolute atomic E-state index is 0. The number of carbonyl (C=O) groups excluding carboxylic acids is 2. The topological polar surface area (TPSA) is 61.4 Å². The van der Waals surface area contributed by atoms with Gasteiger partial charge in [0.05, 0.1) is 6.54 Å². The monoisotopic (exact) mass is 277 g/mol. The van der Waals surface area contributed by atoms with Crippen LogP contribution in [-0.2, 0) is 9.59 Å². The molecule has 1 aliphatic rings. The second kappa shape index (κ2) is 6.95. The van der Waals surface area contributed by atoms with E-state index < -0.39 is 5.41 Å². The van der Waals surface area contributed by atoms with Gasteiger partial charge in [0.1, 0.15) is 0 Å². The van der Waals surface area contributed by atoms with Gasteiger partial charge in [0.15, 0.2) is 0 Å². The van der Waals surface area contributed by atoms with E-state index in [-0.39, 0.29) is 36.8 Å². The highest BCUT2D eigenvalue weighted by Gasteiger charge is 2.25. The van der Waals surface area contributed by atoms with Crippen LogP contribution in [0, 0.1) is 5.41 Å². The van der Waals surface area contributed by atoms with E-state index in [4.69, 9.17) is 0 Å². The third-order valence-electron chi connectivity index (χ3n) is 2.90. The van der Waals surface area contributed by atoms with Gasteiger partial charge in [-0.05, 0) is 6.92 Å². The maximum Gasteiger partial charge on any atom is 0.242 e. The Bertz CT molecular complexity index is 302. The van der Waals surface area contributed by atoms with Crippen LogP contribution >= 0.6 is 12.4 Å². The van der Waals surface area contributed by atoms with Crippen LogP contribution in [0.1, 0.15) is 27.7 Å². The van der Waals surface area contributed by atoms with E-state index in [1.807, 2.05) is 32.6 Å². The van der Waals surface area contributed by atoms with Crippen molar-refractivity contribution in [1.82, 2.24) is 15.5 Å². The summed E-state index contributed by atoms with van der Waals surface area (Å²) >= 11 is 0. The zero-order chi connectivity index (χ0) is 13.1. The molecule has 1 saturated heterocycles. The molecule has 0 aromatic heterocycles. The van der Waals surface area contributed by atoms with Crippen molar-refractivity contribution in [2.45, 2.75) is 33.7 Å². The molecule has 1 fully saturated rings. The highest BCUT2D eigenvalue weighted by molar-refractivity contribution is 5.87. The molecule has 0 bridgehead atoms. The van der Waals surface area contributed by atoms with Gasteiger partial charge in [-0.3, -0.25) is 9.59 Å². The van der Waals surface area contributed by atoms with Crippen molar-refractivity contribution >= 4 is 24.2 Å². The van der Waals surface area contributed by atoms with Gasteiger partial charge in [-0.15, -0.1) is 12.4 Å². The fourth-order valence-electron chi connectivity index (χ4n) is 1.73. The maximum atomic E-state index is 11.9. The Morgan fingerprint density at radius 1 is 1.39 bits per heavy atom. The lowest BCUT2D eigenvalue weighted by Crippen LogP contribution is -2.55. The third kappa shape index (κ3) is 4.82. The minimum Gasteiger partial charge on any atom is -0.347 e. The van der Waals surface area contributed by atoms with Crippen LogP contribution in [-0.4, -0.2) is 48.9 Å². The van der Waals surface area contributed by atoms with E-state index in [0.717, 1.165) is 13.1 Å². The van der Waals surface area contributed by atoms with Crippen molar-refractivity contribution in [3.05, 3.63) is 0 Å². The number of piperazine rings is 1. The lowest BCUT2D eigenvalue weighted by Gasteiger charge is -2.34. The largest absolute Gasteiger partial charge is 0.347 e. The summed E-state index contributed by atoms with van der Waals surface area (Å²) in [5.74, 6) is -0.0924. The highest BCUT2D eigenvalue weighted by Crippen LogP contribution is 2.12. The second-order valence-electron chi connectivity index (χ2n) is 5.57. The quantitative estimate of drug-likeness (QED) is 0.768. The first-order valence-electron chi connectivity index (χ1n) is 6.11. The fraction of sp³-hybridized carbons (Fsp3) is 0.833. The average Bonchev–Trinajstić information content (AvgIpc) is 2.24. The molecule has 0 unspecified atom stereocenters. The molecular weight excluding hydrogens is 254 g/mol. The number of halogens is 1. The van der Waals surface area contributed by atoms with E-state index in [0.29, 0.717) is 6.54 Å². The maximum absolute atomic E-state index is 11.9. The molecule has 5 nitrogen and oxygen atoms in total. The predicted molar refractivity (Wildman–Crippen MR) is 73.8 cm³/mol. The van der Waals surface area contributed by atoms with E-state index in [1.54, 1.807) is 0 Å². The molecule has 0 aromatic carbocycles. The Hall–Kier alpha value is -0.810. The van der Waals surface area contributed by atoms with Gasteiger partial charge in [-0.2, -0.15) is 0 Å². The van der Waals surface area contributed by atoms with Gasteiger partial charge in [0.2, 0.25) is 11.8 Å². The van der Waals surface area contributed by atoms with Gasteiger partial charge in [0, 0.05) is 31.1 Å². The molecule has 1 heterocycles. The number of hydrogen-bond acceptors (Lipinski definition) is 3. The molecule has 1 atom stereocenters. The first-order valence-corrected chi connectivity index (χ1v) is 6.11. The van der Waals surface area contributed by atoms with Crippen LogP contribution in [0.4, 0.5) is 0 Å². The molecule has 2 N–H and O–H groups in total. The van der Waals surface area contributed by atoms with E-state index in [1.165, 1.54) is 0 Å². The molecule has 0 radical (unpaired) electrons. The van der Waals surface area contributed by atoms with Gasteiger partial charge >= 0.3 is 0 Å². The first kappa shape index (κ1) is 17.2. The predicted octanol–water partition coefficient (Wildman–Crippen LogP) is 0.391. The second-order valence-corrected chi connectivity index (χ2v) is 5.57. The fourth-order valence-corrected chi connectivity index (χ4v) is 1.73. The molecule has 0 saturated carbocycles. The Balaban J connectivity index is 0.00000289. The van der Waals surface area contributed by atoms with Crippen molar-refractivity contribution in [2.24, 2.45) is 5.41 Å². The first-order chi connectivity index (χ1) is 7.82. The summed E-state index contributed by atoms with van der Waals surface area (Å²) in [5, 5.41) is 5.92. The summed E-state index contributed by atoms with van der Waals surface area (Å²) in [7, 11) is 0. The molecule has 1 rings (SSSR count). The van der Waals surface area contributed by atoms with Crippen LogP contribution in [0.3, 0.4) is 0 Å². The van der Waals surface area contributed by atoms with Gasteiger partial charge in [0.25, 0.3) is 0 Å². The minimum atomic E-state index is -0.449. The molecule has 6 heteroatoms. The Morgan fingerprint density at radius 2 is 2.00 bits per heavy atom. The van der Waals surface area contributed by atoms with Crippen LogP contribution in [0.15, 0.2) is 0 Å². The SMILES string of the molecule is C[C@@H]1CNCCN1C(=O)CNC(=O)C(C)(C)C.Cl. The van der Waals surface area contributed by atoms with E-state index in [9.17, 15) is 9.59 Å². The average molecular weight is 278 g/mol. The van der Waals surface area contributed by atoms with Crippen LogP contribution in [0.5, 0.6) is 0 Å². The van der Waals surface area contributed by atoms with Gasteiger partial charge < -0.3 is 15.5 Å². The zero-order valence-corrected chi connectivity index (χ0v) is 12.4. The van der Waals surface area contributed by atoms with E-state index in [2.05, 4.69) is 10.6 Å². The smallest absolute Gasteiger partial charge is 0.242 e. The summed E-state index contributed by atoms with van der Waals surface area (Å²) < 4.78 is 0. The lowest BCUT2D eigenvalue weighted by atomic mass is 9.96. The standard InChI is InChI=1S/C12H23N3O2.ClH/c1-9-7-13-5-6-15(9)10(16)8-14-11(17)12(2,3)4;/h9,13H,5-8H2,1-4H3,(H,14,17);1H/t9-;/m1./s1. The summed E-state index contributed by atoms with van der Waals surface area (Å²) in [5.41, 5.74) is -0.449. The molecule has 2 amide bonds. The summed E-state index contributed by atoms with van der Waals surface area (Å²) in [6, 6.07) is 0.197. The summed E-state index contributed by atoms with van der Waals surface area (Å²) in [4.78, 5) is 25.4. The highest BCUT2D eigenvalue weighted by atomic mass is 35.5. The molecule has 106 valence electrons. The summed E-state index contributed by atoms with van der Waals surface area (Å²) in [6.45, 7) is 9.96. The van der Waals surface area contributed by atoms with Crippen molar-refractivity contribution in [2.75, 3.05) is 26.2 Å². The van der Waals surface area contributed by atoms with E-state index >= 15 is 0 Å². The van der Waals surface area contributed by atoms with Crippen LogP contribution in [0.25, 0.3) is 0 Å². The summed E-state index contributed by atoms with van der Waals surface area (Å²) in [6.07, 6.45) is 0. The molecular formula is C12H24ClN3O2. The van der Waals surface area contributed by atoms with Crippen molar-refractivity contribution in [1.29, 1.82) is 0 Å². The van der Waals surface area contributed by atoms with Crippen molar-refractivity contribution in [3.8, 4) is 0 Å². The third-order valence-corrected chi connectivity index (χ3v) is 2.90. The number of nitrogens with zero attached hydrogens (tertiary/aromatic N) is 1. The molecule has 0 aliphatic carbocycles. The lowest BCUT2D eigenvalue weighted by molar-refractivity contribution is -0.137. The van der Waals surface area contributed by atoms with Gasteiger partial charge in [-0.25, -0.2) is 0 Å². The molecule has 0 aromatic rings. The zero-order valence-electron chi connectivity index (χ0n) is 11.6. The number of rotatable bonds is 2. The Kier molecular flexibility index (Phi) is 6.63. The van der Waals surface area contributed by atoms with Crippen LogP contribution in [0.2, 0.25) is 0 Å². The van der Waals surface area contributed by atoms with Crippen molar-refractivity contribution in [3.63, 3.8) is 0 Å². The number of nitrogens with one attached hydrogen (secondary N) is 2. The Labute approximate surface area is 115 Å². The van der Waals surface area contributed by atoms with Crippen molar-refractivity contribution < 1.29 is 9.59 Å². The Morgan fingerprint density at radius 3 is 2.50 bits per heavy atom. The molecule has 1 aliphatic heterocycles. The van der Waals surface area contributed by atoms with Crippen LogP contribution < -0.4 is 10.6 Å². The number of carbonyl (C=O) groups is 2. The number of hydrogen-bond donors (Lipinski definition) is 2. The molecule has 18 heavy (non-hydrogen) atoms. The van der Waals surface area contributed by atoms with Gasteiger partial charge in [-0.1, -0.05) is 20.8 Å². The number of amides is 2. The normalized spacial score (nSPS) is 20.0.